The van der Waals surface area contributed by atoms with E-state index in [1.807, 2.05) is 24.3 Å². The molecular formula is C16H24BrClN2O2. The largest absolute Gasteiger partial charge is 0.494 e. The maximum absolute atomic E-state index is 11.7. The lowest BCUT2D eigenvalue weighted by Crippen LogP contribution is -2.26. The molecule has 1 amide bonds. The first-order valence-corrected chi connectivity index (χ1v) is 8.39. The summed E-state index contributed by atoms with van der Waals surface area (Å²) in [5.74, 6) is 1.68. The number of halogens is 2. The third-order valence-corrected chi connectivity index (χ3v) is 4.14. The summed E-state index contributed by atoms with van der Waals surface area (Å²) in [5.41, 5.74) is 0. The van der Waals surface area contributed by atoms with E-state index in [0.29, 0.717) is 13.0 Å². The van der Waals surface area contributed by atoms with Gasteiger partial charge in [-0.15, -0.1) is 12.4 Å². The number of rotatable bonds is 8. The van der Waals surface area contributed by atoms with Crippen LogP contribution in [0.5, 0.6) is 5.75 Å². The molecule has 0 aliphatic carbocycles. The van der Waals surface area contributed by atoms with Crippen molar-refractivity contribution >= 4 is 34.2 Å². The molecule has 2 rings (SSSR count). The number of amides is 1. The van der Waals surface area contributed by atoms with Crippen molar-refractivity contribution in [3.8, 4) is 5.75 Å². The predicted molar refractivity (Wildman–Crippen MR) is 94.7 cm³/mol. The van der Waals surface area contributed by atoms with E-state index in [1.165, 1.54) is 6.42 Å². The molecule has 1 aromatic carbocycles. The monoisotopic (exact) mass is 390 g/mol. The predicted octanol–water partition coefficient (Wildman–Crippen LogP) is 3.15. The van der Waals surface area contributed by atoms with Crippen LogP contribution in [-0.2, 0) is 4.79 Å². The summed E-state index contributed by atoms with van der Waals surface area (Å²) in [7, 11) is 0. The summed E-state index contributed by atoms with van der Waals surface area (Å²) in [5, 5.41) is 6.33. The summed E-state index contributed by atoms with van der Waals surface area (Å²) < 4.78 is 6.60. The summed E-state index contributed by atoms with van der Waals surface area (Å²) in [6.45, 7) is 3.57. The minimum Gasteiger partial charge on any atom is -0.494 e. The van der Waals surface area contributed by atoms with Crippen molar-refractivity contribution in [1.29, 1.82) is 0 Å². The highest BCUT2D eigenvalue weighted by Gasteiger charge is 2.13. The van der Waals surface area contributed by atoms with Crippen LogP contribution in [0.3, 0.4) is 0 Å². The highest BCUT2D eigenvalue weighted by molar-refractivity contribution is 9.10. The van der Waals surface area contributed by atoms with Crippen molar-refractivity contribution in [2.75, 3.05) is 26.2 Å². The fraction of sp³-hybridized carbons (Fsp3) is 0.562. The Morgan fingerprint density at radius 2 is 2.32 bits per heavy atom. The van der Waals surface area contributed by atoms with E-state index in [9.17, 15) is 4.79 Å². The molecule has 6 heteroatoms. The average Bonchev–Trinajstić information content (AvgIpc) is 2.97. The fourth-order valence-electron chi connectivity index (χ4n) is 2.44. The quantitative estimate of drug-likeness (QED) is 0.669. The van der Waals surface area contributed by atoms with Crippen LogP contribution in [0.4, 0.5) is 0 Å². The van der Waals surface area contributed by atoms with Crippen LogP contribution in [0.2, 0.25) is 0 Å². The zero-order valence-electron chi connectivity index (χ0n) is 12.6. The number of carbonyl (C=O) groups is 1. The highest BCUT2D eigenvalue weighted by atomic mass is 79.9. The number of hydrogen-bond acceptors (Lipinski definition) is 3. The maximum Gasteiger partial charge on any atom is 0.220 e. The summed E-state index contributed by atoms with van der Waals surface area (Å²) in [4.78, 5) is 11.7. The minimum absolute atomic E-state index is 0. The van der Waals surface area contributed by atoms with Gasteiger partial charge in [-0.3, -0.25) is 4.79 Å². The minimum atomic E-state index is 0. The normalized spacial score (nSPS) is 16.9. The highest BCUT2D eigenvalue weighted by Crippen LogP contribution is 2.17. The van der Waals surface area contributed by atoms with Gasteiger partial charge in [0.2, 0.25) is 5.91 Å². The molecule has 1 heterocycles. The Morgan fingerprint density at radius 1 is 1.45 bits per heavy atom. The van der Waals surface area contributed by atoms with Crippen LogP contribution in [0.1, 0.15) is 25.7 Å². The molecular weight excluding hydrogens is 368 g/mol. The molecule has 1 fully saturated rings. The molecule has 0 aromatic heterocycles. The van der Waals surface area contributed by atoms with E-state index in [-0.39, 0.29) is 18.3 Å². The Bertz CT molecular complexity index is 454. The van der Waals surface area contributed by atoms with Crippen LogP contribution in [-0.4, -0.2) is 32.1 Å². The molecule has 2 N–H and O–H groups in total. The molecule has 0 bridgehead atoms. The lowest BCUT2D eigenvalue weighted by Gasteiger charge is -2.10. The zero-order valence-corrected chi connectivity index (χ0v) is 15.0. The van der Waals surface area contributed by atoms with Gasteiger partial charge in [0.05, 0.1) is 6.61 Å². The lowest BCUT2D eigenvalue weighted by atomic mass is 10.1. The number of benzene rings is 1. The number of carbonyl (C=O) groups excluding carboxylic acids is 1. The zero-order chi connectivity index (χ0) is 14.9. The Morgan fingerprint density at radius 3 is 3.05 bits per heavy atom. The maximum atomic E-state index is 11.7. The molecule has 4 nitrogen and oxygen atoms in total. The van der Waals surface area contributed by atoms with Gasteiger partial charge < -0.3 is 15.4 Å². The molecule has 1 saturated heterocycles. The first-order valence-electron chi connectivity index (χ1n) is 7.60. The SMILES string of the molecule is Cl.O=C(CCCOc1cccc(Br)c1)NCCC1CCNC1. The van der Waals surface area contributed by atoms with E-state index >= 15 is 0 Å². The molecule has 0 saturated carbocycles. The molecule has 0 radical (unpaired) electrons. The van der Waals surface area contributed by atoms with Gasteiger partial charge in [0.15, 0.2) is 0 Å². The topological polar surface area (TPSA) is 50.4 Å². The Hall–Kier alpha value is -0.780. The van der Waals surface area contributed by atoms with E-state index in [1.54, 1.807) is 0 Å². The Balaban J connectivity index is 0.00000242. The molecule has 1 aromatic rings. The van der Waals surface area contributed by atoms with Gasteiger partial charge in [-0.1, -0.05) is 22.0 Å². The van der Waals surface area contributed by atoms with Crippen molar-refractivity contribution in [2.45, 2.75) is 25.7 Å². The number of hydrogen-bond donors (Lipinski definition) is 2. The van der Waals surface area contributed by atoms with Crippen molar-refractivity contribution < 1.29 is 9.53 Å². The van der Waals surface area contributed by atoms with Crippen LogP contribution >= 0.6 is 28.3 Å². The molecule has 124 valence electrons. The van der Waals surface area contributed by atoms with Crippen molar-refractivity contribution in [1.82, 2.24) is 10.6 Å². The molecule has 1 aliphatic heterocycles. The van der Waals surface area contributed by atoms with Crippen molar-refractivity contribution in [3.63, 3.8) is 0 Å². The van der Waals surface area contributed by atoms with Gasteiger partial charge in [0, 0.05) is 17.4 Å². The van der Waals surface area contributed by atoms with Gasteiger partial charge in [-0.2, -0.15) is 0 Å². The molecule has 1 aliphatic rings. The van der Waals surface area contributed by atoms with Crippen LogP contribution < -0.4 is 15.4 Å². The lowest BCUT2D eigenvalue weighted by molar-refractivity contribution is -0.121. The second kappa shape index (κ2) is 10.9. The molecule has 0 spiro atoms. The third kappa shape index (κ3) is 7.47. The van der Waals surface area contributed by atoms with Crippen LogP contribution in [0.25, 0.3) is 0 Å². The van der Waals surface area contributed by atoms with Crippen LogP contribution in [0.15, 0.2) is 28.7 Å². The summed E-state index contributed by atoms with van der Waals surface area (Å²) >= 11 is 3.40. The second-order valence-corrected chi connectivity index (χ2v) is 6.32. The molecule has 1 unspecified atom stereocenters. The molecule has 1 atom stereocenters. The van der Waals surface area contributed by atoms with Crippen LogP contribution in [0, 0.1) is 5.92 Å². The fourth-order valence-corrected chi connectivity index (χ4v) is 2.82. The number of ether oxygens (including phenoxy) is 1. The third-order valence-electron chi connectivity index (χ3n) is 3.65. The number of nitrogens with one attached hydrogen (secondary N) is 2. The van der Waals surface area contributed by atoms with E-state index in [2.05, 4.69) is 26.6 Å². The van der Waals surface area contributed by atoms with Gasteiger partial charge in [-0.05, 0) is 56.5 Å². The summed E-state index contributed by atoms with van der Waals surface area (Å²) in [6.07, 6.45) is 3.57. The summed E-state index contributed by atoms with van der Waals surface area (Å²) in [6, 6.07) is 7.74. The molecule has 22 heavy (non-hydrogen) atoms. The van der Waals surface area contributed by atoms with E-state index in [4.69, 9.17) is 4.74 Å². The first kappa shape index (κ1) is 19.3. The second-order valence-electron chi connectivity index (χ2n) is 5.41. The average molecular weight is 392 g/mol. The first-order chi connectivity index (χ1) is 10.2. The van der Waals surface area contributed by atoms with Gasteiger partial charge >= 0.3 is 0 Å². The van der Waals surface area contributed by atoms with Crippen molar-refractivity contribution in [3.05, 3.63) is 28.7 Å². The van der Waals surface area contributed by atoms with Gasteiger partial charge in [0.25, 0.3) is 0 Å². The Kier molecular flexibility index (Phi) is 9.52. The van der Waals surface area contributed by atoms with E-state index in [0.717, 1.165) is 48.6 Å². The van der Waals surface area contributed by atoms with E-state index < -0.39 is 0 Å². The Labute approximate surface area is 146 Å². The standard InChI is InChI=1S/C16H23BrN2O2.ClH/c17-14-3-1-4-15(11-14)21-10-2-5-16(20)19-9-7-13-6-8-18-12-13;/h1,3-4,11,13,18H,2,5-10,12H2,(H,19,20);1H. The van der Waals surface area contributed by atoms with Crippen molar-refractivity contribution in [2.24, 2.45) is 5.92 Å². The van der Waals surface area contributed by atoms with Gasteiger partial charge in [0.1, 0.15) is 5.75 Å². The van der Waals surface area contributed by atoms with Gasteiger partial charge in [-0.25, -0.2) is 0 Å². The smallest absolute Gasteiger partial charge is 0.220 e.